The van der Waals surface area contributed by atoms with E-state index < -0.39 is 23.3 Å². The SMILES string of the molecule is CC(=O)N(CC1CCCCC1)C1CN(C)CCn2c1nc(C(=O)NCc1ccc(F)cc1)c(O)c2=O. The maximum Gasteiger partial charge on any atom is 0.296 e. The van der Waals surface area contributed by atoms with Crippen LogP contribution >= 0.6 is 0 Å². The fraction of sp³-hybridized carbons (Fsp3) is 0.538. The molecule has 1 aromatic carbocycles. The minimum Gasteiger partial charge on any atom is -0.501 e. The summed E-state index contributed by atoms with van der Waals surface area (Å²) in [6, 6.07) is 5.12. The van der Waals surface area contributed by atoms with Crippen LogP contribution in [0.3, 0.4) is 0 Å². The number of aromatic hydroxyl groups is 1. The Hall–Kier alpha value is -3.27. The zero-order valence-electron chi connectivity index (χ0n) is 20.9. The number of likely N-dealkylation sites (N-methyl/N-ethyl adjacent to an activating group) is 1. The maximum absolute atomic E-state index is 13.2. The first-order chi connectivity index (χ1) is 17.2. The van der Waals surface area contributed by atoms with Crippen LogP contribution in [0.5, 0.6) is 5.75 Å². The Morgan fingerprint density at radius 1 is 1.17 bits per heavy atom. The van der Waals surface area contributed by atoms with Gasteiger partial charge in [0.1, 0.15) is 17.7 Å². The minimum atomic E-state index is -0.722. The van der Waals surface area contributed by atoms with Gasteiger partial charge in [-0.15, -0.1) is 0 Å². The normalized spacial score (nSPS) is 18.8. The number of rotatable bonds is 6. The van der Waals surface area contributed by atoms with E-state index in [1.54, 1.807) is 4.90 Å². The van der Waals surface area contributed by atoms with Crippen LogP contribution in [-0.4, -0.2) is 63.0 Å². The van der Waals surface area contributed by atoms with E-state index in [4.69, 9.17) is 0 Å². The van der Waals surface area contributed by atoms with Crippen LogP contribution in [-0.2, 0) is 17.9 Å². The van der Waals surface area contributed by atoms with Crippen LogP contribution in [0.1, 0.15) is 66.9 Å². The monoisotopic (exact) mass is 499 g/mol. The standard InChI is InChI=1S/C26H34FN5O4/c1-17(33)32(15-19-6-4-3-5-7-19)21-16-30(2)12-13-31-24(21)29-22(23(34)26(31)36)25(35)28-14-18-8-10-20(27)11-9-18/h8-11,19,21,34H,3-7,12-16H2,1-2H3,(H,28,35). The van der Waals surface area contributed by atoms with Crippen molar-refractivity contribution in [1.29, 1.82) is 0 Å². The summed E-state index contributed by atoms with van der Waals surface area (Å²) >= 11 is 0. The Balaban J connectivity index is 1.67. The van der Waals surface area contributed by atoms with Crippen molar-refractivity contribution in [3.8, 4) is 5.75 Å². The van der Waals surface area contributed by atoms with E-state index in [2.05, 4.69) is 10.3 Å². The molecular weight excluding hydrogens is 465 g/mol. The second kappa shape index (κ2) is 11.2. The topological polar surface area (TPSA) is 108 Å². The van der Waals surface area contributed by atoms with E-state index in [0.29, 0.717) is 36.9 Å². The zero-order valence-corrected chi connectivity index (χ0v) is 20.9. The number of amides is 2. The minimum absolute atomic E-state index is 0.0755. The van der Waals surface area contributed by atoms with Crippen LogP contribution in [0, 0.1) is 11.7 Å². The van der Waals surface area contributed by atoms with Crippen molar-refractivity contribution in [3.05, 3.63) is 57.5 Å². The average Bonchev–Trinajstić information content (AvgIpc) is 3.03. The molecule has 0 bridgehead atoms. The molecule has 9 nitrogen and oxygen atoms in total. The molecule has 0 saturated heterocycles. The lowest BCUT2D eigenvalue weighted by molar-refractivity contribution is -0.132. The molecule has 1 saturated carbocycles. The molecule has 1 unspecified atom stereocenters. The van der Waals surface area contributed by atoms with Crippen LogP contribution in [0.2, 0.25) is 0 Å². The Morgan fingerprint density at radius 2 is 1.86 bits per heavy atom. The highest BCUT2D eigenvalue weighted by Crippen LogP contribution is 2.30. The van der Waals surface area contributed by atoms with Crippen LogP contribution < -0.4 is 10.9 Å². The van der Waals surface area contributed by atoms with Crippen molar-refractivity contribution in [1.82, 2.24) is 24.7 Å². The highest BCUT2D eigenvalue weighted by Gasteiger charge is 2.34. The Labute approximate surface area is 209 Å². The van der Waals surface area contributed by atoms with Gasteiger partial charge < -0.3 is 20.2 Å². The summed E-state index contributed by atoms with van der Waals surface area (Å²) in [5.41, 5.74) is -0.414. The Kier molecular flexibility index (Phi) is 8.03. The Morgan fingerprint density at radius 3 is 2.53 bits per heavy atom. The fourth-order valence-electron chi connectivity index (χ4n) is 5.16. The van der Waals surface area contributed by atoms with E-state index >= 15 is 0 Å². The predicted octanol–water partition coefficient (Wildman–Crippen LogP) is 2.43. The highest BCUT2D eigenvalue weighted by atomic mass is 19.1. The molecule has 2 aliphatic rings. The average molecular weight is 500 g/mol. The molecule has 2 N–H and O–H groups in total. The van der Waals surface area contributed by atoms with Gasteiger partial charge in [0.25, 0.3) is 11.5 Å². The molecular formula is C26H34FN5O4. The van der Waals surface area contributed by atoms with E-state index in [1.165, 1.54) is 42.2 Å². The van der Waals surface area contributed by atoms with Crippen LogP contribution in [0.4, 0.5) is 4.39 Å². The molecule has 36 heavy (non-hydrogen) atoms. The number of halogens is 1. The molecule has 2 aromatic rings. The van der Waals surface area contributed by atoms with Crippen molar-refractivity contribution in [3.63, 3.8) is 0 Å². The molecule has 0 spiro atoms. The number of benzene rings is 1. The lowest BCUT2D eigenvalue weighted by atomic mass is 9.88. The molecule has 1 aliphatic carbocycles. The number of fused-ring (bicyclic) bond motifs is 1. The number of hydrogen-bond acceptors (Lipinski definition) is 6. The van der Waals surface area contributed by atoms with Gasteiger partial charge in [0.05, 0.1) is 0 Å². The van der Waals surface area contributed by atoms with Gasteiger partial charge in [-0.25, -0.2) is 9.37 Å². The van der Waals surface area contributed by atoms with Crippen molar-refractivity contribution in [2.75, 3.05) is 26.7 Å². The third-order valence-electron chi connectivity index (χ3n) is 7.20. The lowest BCUT2D eigenvalue weighted by Crippen LogP contribution is -2.43. The summed E-state index contributed by atoms with van der Waals surface area (Å²) in [5.74, 6) is -1.25. The number of aromatic nitrogens is 2. The number of nitrogens with one attached hydrogen (secondary N) is 1. The van der Waals surface area contributed by atoms with Crippen LogP contribution in [0.15, 0.2) is 29.1 Å². The van der Waals surface area contributed by atoms with Crippen LogP contribution in [0.25, 0.3) is 0 Å². The number of hydrogen-bond donors (Lipinski definition) is 2. The molecule has 1 atom stereocenters. The van der Waals surface area contributed by atoms with Crippen molar-refractivity contribution >= 4 is 11.8 Å². The van der Waals surface area contributed by atoms with Gasteiger partial charge in [-0.3, -0.25) is 19.0 Å². The third kappa shape index (κ3) is 5.75. The summed E-state index contributed by atoms with van der Waals surface area (Å²) in [6.45, 7) is 3.44. The van der Waals surface area contributed by atoms with E-state index in [1.807, 2.05) is 11.9 Å². The largest absolute Gasteiger partial charge is 0.501 e. The quantitative estimate of drug-likeness (QED) is 0.632. The van der Waals surface area contributed by atoms with Gasteiger partial charge in [-0.05, 0) is 43.5 Å². The molecule has 1 aromatic heterocycles. The van der Waals surface area contributed by atoms with Gasteiger partial charge in [-0.2, -0.15) is 0 Å². The smallest absolute Gasteiger partial charge is 0.296 e. The maximum atomic E-state index is 13.2. The first-order valence-electron chi connectivity index (χ1n) is 12.6. The molecule has 2 amide bonds. The summed E-state index contributed by atoms with van der Waals surface area (Å²) in [7, 11) is 1.92. The second-order valence-corrected chi connectivity index (χ2v) is 9.89. The van der Waals surface area contributed by atoms with Gasteiger partial charge in [0.15, 0.2) is 5.69 Å². The predicted molar refractivity (Wildman–Crippen MR) is 132 cm³/mol. The van der Waals surface area contributed by atoms with E-state index in [0.717, 1.165) is 25.7 Å². The lowest BCUT2D eigenvalue weighted by Gasteiger charge is -2.36. The molecule has 10 heteroatoms. The molecule has 4 rings (SSSR count). The van der Waals surface area contributed by atoms with Crippen molar-refractivity contribution in [2.24, 2.45) is 5.92 Å². The highest BCUT2D eigenvalue weighted by molar-refractivity contribution is 5.94. The molecule has 2 heterocycles. The summed E-state index contributed by atoms with van der Waals surface area (Å²) in [5, 5.41) is 13.3. The van der Waals surface area contributed by atoms with Gasteiger partial charge >= 0.3 is 0 Å². The molecule has 194 valence electrons. The first kappa shape index (κ1) is 25.8. The third-order valence-corrected chi connectivity index (χ3v) is 7.20. The second-order valence-electron chi connectivity index (χ2n) is 9.89. The van der Waals surface area contributed by atoms with E-state index in [9.17, 15) is 23.9 Å². The summed E-state index contributed by atoms with van der Waals surface area (Å²) in [6.07, 6.45) is 5.60. The van der Waals surface area contributed by atoms with Gasteiger partial charge in [0, 0.05) is 39.6 Å². The van der Waals surface area contributed by atoms with Gasteiger partial charge in [-0.1, -0.05) is 31.4 Å². The number of nitrogens with zero attached hydrogens (tertiary/aromatic N) is 4. The Bertz CT molecular complexity index is 1160. The summed E-state index contributed by atoms with van der Waals surface area (Å²) in [4.78, 5) is 47.3. The van der Waals surface area contributed by atoms with Crippen molar-refractivity contribution < 1.29 is 19.1 Å². The molecule has 0 radical (unpaired) electrons. The van der Waals surface area contributed by atoms with E-state index in [-0.39, 0.29) is 30.5 Å². The number of carbonyl (C=O) groups is 2. The molecule has 1 fully saturated rings. The first-order valence-corrected chi connectivity index (χ1v) is 12.6. The number of carbonyl (C=O) groups excluding carboxylic acids is 2. The molecule has 1 aliphatic heterocycles. The zero-order chi connectivity index (χ0) is 25.8. The van der Waals surface area contributed by atoms with Crippen molar-refractivity contribution in [2.45, 2.75) is 58.2 Å². The van der Waals surface area contributed by atoms with Gasteiger partial charge in [0.2, 0.25) is 11.7 Å². The summed E-state index contributed by atoms with van der Waals surface area (Å²) < 4.78 is 14.6. The fourth-order valence-corrected chi connectivity index (χ4v) is 5.16.